The third-order valence-corrected chi connectivity index (χ3v) is 2.73. The number of hydroxylamine groups is 2. The molecule has 0 spiro atoms. The van der Waals surface area contributed by atoms with E-state index in [-0.39, 0.29) is 18.1 Å². The number of benzene rings is 1. The molecule has 3 N–H and O–H groups in total. The lowest BCUT2D eigenvalue weighted by atomic mass is 10.3. The first-order valence-corrected chi connectivity index (χ1v) is 7.52. The van der Waals surface area contributed by atoms with Gasteiger partial charge in [-0.1, -0.05) is 12.1 Å². The van der Waals surface area contributed by atoms with Crippen LogP contribution in [-0.2, 0) is 14.1 Å². The molecule has 1 aromatic carbocycles. The summed E-state index contributed by atoms with van der Waals surface area (Å²) in [5.41, 5.74) is 0. The van der Waals surface area contributed by atoms with Gasteiger partial charge in [0.1, 0.15) is 12.8 Å². The topological polar surface area (TPSA) is 117 Å². The van der Waals surface area contributed by atoms with Crippen LogP contribution in [0.25, 0.3) is 0 Å². The normalized spacial score (nSPS) is 11.4. The van der Waals surface area contributed by atoms with Crippen molar-refractivity contribution >= 4 is 13.6 Å². The zero-order chi connectivity index (χ0) is 15.2. The van der Waals surface area contributed by atoms with Gasteiger partial charge in [-0.05, 0) is 19.1 Å². The van der Waals surface area contributed by atoms with Crippen LogP contribution >= 0.6 is 7.60 Å². The van der Waals surface area contributed by atoms with Gasteiger partial charge in [0.15, 0.2) is 11.5 Å². The Bertz CT molecular complexity index is 501. The summed E-state index contributed by atoms with van der Waals surface area (Å²) in [6, 6.07) is 5.86. The van der Waals surface area contributed by atoms with E-state index < -0.39 is 26.4 Å². The summed E-state index contributed by atoms with van der Waals surface area (Å²) in [7, 11) is -4.44. The SMILES string of the molecule is CCOC(=O)CN(CP(=O)(O)O)Oc1ccccc1O. The number of phenolic OH excluding ortho intramolecular Hbond substituents is 1. The van der Waals surface area contributed by atoms with Crippen molar-refractivity contribution in [2.45, 2.75) is 6.92 Å². The largest absolute Gasteiger partial charge is 0.504 e. The standard InChI is InChI=1S/C11H16NO7P/c1-2-18-11(14)7-12(8-20(15,16)17)19-10-6-4-3-5-9(10)13/h3-6,13H,2,7-8H2,1H3,(H2,15,16,17). The van der Waals surface area contributed by atoms with Gasteiger partial charge in [0, 0.05) is 0 Å². The molecule has 1 rings (SSSR count). The fourth-order valence-electron chi connectivity index (χ4n) is 1.34. The van der Waals surface area contributed by atoms with E-state index in [0.717, 1.165) is 5.06 Å². The molecule has 0 aliphatic rings. The highest BCUT2D eigenvalue weighted by atomic mass is 31.2. The third-order valence-electron chi connectivity index (χ3n) is 2.05. The van der Waals surface area contributed by atoms with Crippen LogP contribution in [0.3, 0.4) is 0 Å². The second kappa shape index (κ2) is 7.25. The summed E-state index contributed by atoms with van der Waals surface area (Å²) in [5, 5.41) is 10.3. The predicted molar refractivity (Wildman–Crippen MR) is 69.0 cm³/mol. The van der Waals surface area contributed by atoms with Gasteiger partial charge in [-0.25, -0.2) is 0 Å². The Balaban J connectivity index is 2.79. The predicted octanol–water partition coefficient (Wildman–Crippen LogP) is 0.686. The first kappa shape index (κ1) is 16.5. The Labute approximate surface area is 115 Å². The summed E-state index contributed by atoms with van der Waals surface area (Å²) < 4.78 is 15.7. The van der Waals surface area contributed by atoms with E-state index in [0.29, 0.717) is 0 Å². The van der Waals surface area contributed by atoms with Crippen molar-refractivity contribution < 1.29 is 33.8 Å². The minimum atomic E-state index is -4.44. The first-order chi connectivity index (χ1) is 9.31. The third kappa shape index (κ3) is 6.03. The molecule has 0 radical (unpaired) electrons. The van der Waals surface area contributed by atoms with Crippen LogP contribution < -0.4 is 4.84 Å². The van der Waals surface area contributed by atoms with Crippen molar-refractivity contribution in [1.82, 2.24) is 5.06 Å². The van der Waals surface area contributed by atoms with E-state index in [2.05, 4.69) is 4.74 Å². The summed E-state index contributed by atoms with van der Waals surface area (Å²) >= 11 is 0. The van der Waals surface area contributed by atoms with Crippen LogP contribution in [-0.4, -0.2) is 45.4 Å². The van der Waals surface area contributed by atoms with E-state index in [4.69, 9.17) is 14.6 Å². The Hall–Kier alpha value is -1.60. The molecule has 9 heteroatoms. The number of ether oxygens (including phenoxy) is 1. The lowest BCUT2D eigenvalue weighted by molar-refractivity contribution is -0.152. The molecule has 0 heterocycles. The van der Waals surface area contributed by atoms with Crippen molar-refractivity contribution in [1.29, 1.82) is 0 Å². The summed E-state index contributed by atoms with van der Waals surface area (Å²) in [5.74, 6) is -0.936. The van der Waals surface area contributed by atoms with Gasteiger partial charge in [-0.3, -0.25) is 9.36 Å². The molecule has 0 unspecified atom stereocenters. The monoisotopic (exact) mass is 305 g/mol. The lowest BCUT2D eigenvalue weighted by Crippen LogP contribution is -2.34. The van der Waals surface area contributed by atoms with Gasteiger partial charge in [0.05, 0.1) is 6.61 Å². The minimum Gasteiger partial charge on any atom is -0.504 e. The van der Waals surface area contributed by atoms with Crippen LogP contribution in [0, 0.1) is 0 Å². The number of para-hydroxylation sites is 2. The van der Waals surface area contributed by atoms with E-state index in [1.807, 2.05) is 0 Å². The van der Waals surface area contributed by atoms with Gasteiger partial charge in [-0.2, -0.15) is 0 Å². The summed E-state index contributed by atoms with van der Waals surface area (Å²) in [6.07, 6.45) is -0.805. The van der Waals surface area contributed by atoms with E-state index in [1.54, 1.807) is 19.1 Å². The molecule has 0 fully saturated rings. The van der Waals surface area contributed by atoms with Crippen LogP contribution in [0.15, 0.2) is 24.3 Å². The van der Waals surface area contributed by atoms with Gasteiger partial charge in [0.25, 0.3) is 0 Å². The zero-order valence-electron chi connectivity index (χ0n) is 10.8. The molecular formula is C11H16NO7P. The highest BCUT2D eigenvalue weighted by Gasteiger charge is 2.24. The number of esters is 1. The molecule has 0 aromatic heterocycles. The Morgan fingerprint density at radius 1 is 1.35 bits per heavy atom. The fourth-order valence-corrected chi connectivity index (χ4v) is 1.91. The van der Waals surface area contributed by atoms with Crippen molar-refractivity contribution in [3.8, 4) is 11.5 Å². The molecule has 1 aromatic rings. The molecule has 8 nitrogen and oxygen atoms in total. The molecule has 0 saturated carbocycles. The van der Waals surface area contributed by atoms with E-state index >= 15 is 0 Å². The number of hydrogen-bond acceptors (Lipinski definition) is 6. The molecule has 0 amide bonds. The Morgan fingerprint density at radius 2 is 2.00 bits per heavy atom. The van der Waals surface area contributed by atoms with Gasteiger partial charge in [-0.15, -0.1) is 5.06 Å². The maximum Gasteiger partial charge on any atom is 0.342 e. The van der Waals surface area contributed by atoms with Crippen molar-refractivity contribution in [3.63, 3.8) is 0 Å². The van der Waals surface area contributed by atoms with Crippen LogP contribution in [0.2, 0.25) is 0 Å². The highest BCUT2D eigenvalue weighted by molar-refractivity contribution is 7.51. The quantitative estimate of drug-likeness (QED) is 0.382. The van der Waals surface area contributed by atoms with E-state index in [9.17, 15) is 14.5 Å². The maximum absolute atomic E-state index is 11.4. The average Bonchev–Trinajstić information content (AvgIpc) is 2.30. The number of aromatic hydroxyl groups is 1. The molecular weight excluding hydrogens is 289 g/mol. The van der Waals surface area contributed by atoms with E-state index in [1.165, 1.54) is 12.1 Å². The summed E-state index contributed by atoms with van der Waals surface area (Å²) in [4.78, 5) is 34.4. The number of carbonyl (C=O) groups excluding carboxylic acids is 1. The zero-order valence-corrected chi connectivity index (χ0v) is 11.7. The first-order valence-electron chi connectivity index (χ1n) is 5.73. The number of carbonyl (C=O) groups is 1. The molecule has 0 aliphatic heterocycles. The van der Waals surface area contributed by atoms with Crippen LogP contribution in [0.1, 0.15) is 6.92 Å². The van der Waals surface area contributed by atoms with Gasteiger partial charge < -0.3 is 24.5 Å². The fraction of sp³-hybridized carbons (Fsp3) is 0.364. The Kier molecular flexibility index (Phi) is 5.97. The molecule has 20 heavy (non-hydrogen) atoms. The van der Waals surface area contributed by atoms with Crippen LogP contribution in [0.4, 0.5) is 0 Å². The second-order valence-electron chi connectivity index (χ2n) is 3.81. The second-order valence-corrected chi connectivity index (χ2v) is 5.42. The van der Waals surface area contributed by atoms with Crippen LogP contribution in [0.5, 0.6) is 11.5 Å². The van der Waals surface area contributed by atoms with Crippen molar-refractivity contribution in [2.24, 2.45) is 0 Å². The smallest absolute Gasteiger partial charge is 0.342 e. The number of rotatable bonds is 7. The summed E-state index contributed by atoms with van der Waals surface area (Å²) in [6.45, 7) is 1.27. The molecule has 0 aliphatic carbocycles. The number of phenols is 1. The van der Waals surface area contributed by atoms with Gasteiger partial charge >= 0.3 is 13.6 Å². The maximum atomic E-state index is 11.4. The highest BCUT2D eigenvalue weighted by Crippen LogP contribution is 2.36. The molecule has 0 saturated heterocycles. The van der Waals surface area contributed by atoms with Gasteiger partial charge in [0.2, 0.25) is 0 Å². The average molecular weight is 305 g/mol. The van der Waals surface area contributed by atoms with Crippen molar-refractivity contribution in [3.05, 3.63) is 24.3 Å². The van der Waals surface area contributed by atoms with Crippen molar-refractivity contribution in [2.75, 3.05) is 19.4 Å². The minimum absolute atomic E-state index is 0.0229. The molecule has 0 bridgehead atoms. The lowest BCUT2D eigenvalue weighted by Gasteiger charge is -2.22. The Morgan fingerprint density at radius 3 is 2.55 bits per heavy atom. The molecule has 0 atom stereocenters. The number of hydrogen-bond donors (Lipinski definition) is 3. The number of nitrogens with zero attached hydrogens (tertiary/aromatic N) is 1. The molecule has 112 valence electrons.